The molecular formula is C9H19N3O. The van der Waals surface area contributed by atoms with E-state index in [9.17, 15) is 4.79 Å². The number of carbonyl (C=O) groups is 1. The molecule has 1 aliphatic heterocycles. The Balaban J connectivity index is 2.50. The van der Waals surface area contributed by atoms with Crippen LogP contribution in [0.4, 0.5) is 4.79 Å². The standard InChI is InChI=1S/C9H19N3O/c1-7-4-5-12(6-8(7)10)9(13)11(2)3/h7-8H,4-6,10H2,1-3H3. The first kappa shape index (κ1) is 10.3. The molecule has 0 aliphatic carbocycles. The van der Waals surface area contributed by atoms with Gasteiger partial charge in [0.1, 0.15) is 0 Å². The molecule has 0 aromatic rings. The van der Waals surface area contributed by atoms with Gasteiger partial charge in [0, 0.05) is 33.2 Å². The van der Waals surface area contributed by atoms with Crippen LogP contribution in [0.25, 0.3) is 0 Å². The second-order valence-electron chi connectivity index (χ2n) is 4.05. The maximum atomic E-state index is 11.5. The molecule has 1 fully saturated rings. The lowest BCUT2D eigenvalue weighted by atomic mass is 9.94. The number of nitrogens with zero attached hydrogens (tertiary/aromatic N) is 2. The van der Waals surface area contributed by atoms with Gasteiger partial charge < -0.3 is 15.5 Å². The van der Waals surface area contributed by atoms with Crippen molar-refractivity contribution in [2.75, 3.05) is 27.2 Å². The molecule has 2 amide bonds. The smallest absolute Gasteiger partial charge is 0.319 e. The summed E-state index contributed by atoms with van der Waals surface area (Å²) in [6, 6.07) is 0.208. The van der Waals surface area contributed by atoms with Gasteiger partial charge in [-0.1, -0.05) is 6.92 Å². The van der Waals surface area contributed by atoms with Crippen molar-refractivity contribution in [3.05, 3.63) is 0 Å². The summed E-state index contributed by atoms with van der Waals surface area (Å²) in [5.74, 6) is 0.534. The van der Waals surface area contributed by atoms with Crippen LogP contribution in [0.3, 0.4) is 0 Å². The summed E-state index contributed by atoms with van der Waals surface area (Å²) in [7, 11) is 3.54. The molecule has 2 unspecified atom stereocenters. The third-order valence-electron chi connectivity index (χ3n) is 2.67. The minimum absolute atomic E-state index is 0.0716. The Labute approximate surface area is 79.7 Å². The third kappa shape index (κ3) is 2.34. The molecule has 1 aliphatic rings. The lowest BCUT2D eigenvalue weighted by Crippen LogP contribution is -2.52. The third-order valence-corrected chi connectivity index (χ3v) is 2.67. The van der Waals surface area contributed by atoms with E-state index in [0.717, 1.165) is 13.0 Å². The molecule has 1 saturated heterocycles. The number of nitrogens with two attached hydrogens (primary N) is 1. The van der Waals surface area contributed by atoms with Gasteiger partial charge >= 0.3 is 6.03 Å². The van der Waals surface area contributed by atoms with Crippen LogP contribution in [0.1, 0.15) is 13.3 Å². The first-order valence-corrected chi connectivity index (χ1v) is 4.74. The highest BCUT2D eigenvalue weighted by Gasteiger charge is 2.26. The molecule has 2 N–H and O–H groups in total. The van der Waals surface area contributed by atoms with Crippen molar-refractivity contribution in [2.24, 2.45) is 11.7 Å². The molecule has 4 nitrogen and oxygen atoms in total. The second-order valence-corrected chi connectivity index (χ2v) is 4.05. The summed E-state index contributed by atoms with van der Waals surface area (Å²) in [5.41, 5.74) is 5.89. The zero-order valence-corrected chi connectivity index (χ0v) is 8.66. The summed E-state index contributed by atoms with van der Waals surface area (Å²) in [6.45, 7) is 3.67. The van der Waals surface area contributed by atoms with Crippen molar-refractivity contribution in [3.8, 4) is 0 Å². The average Bonchev–Trinajstić information content (AvgIpc) is 2.08. The van der Waals surface area contributed by atoms with Crippen LogP contribution in [0.5, 0.6) is 0 Å². The van der Waals surface area contributed by atoms with E-state index in [2.05, 4.69) is 6.92 Å². The molecule has 0 bridgehead atoms. The van der Waals surface area contributed by atoms with Crippen LogP contribution in [-0.2, 0) is 0 Å². The van der Waals surface area contributed by atoms with Crippen LogP contribution in [0, 0.1) is 5.92 Å². The topological polar surface area (TPSA) is 49.6 Å². The minimum Gasteiger partial charge on any atom is -0.331 e. The number of hydrogen-bond donors (Lipinski definition) is 1. The summed E-state index contributed by atoms with van der Waals surface area (Å²) < 4.78 is 0. The van der Waals surface area contributed by atoms with E-state index in [1.807, 2.05) is 4.90 Å². The molecule has 13 heavy (non-hydrogen) atoms. The highest BCUT2D eigenvalue weighted by Crippen LogP contribution is 2.15. The van der Waals surface area contributed by atoms with Gasteiger partial charge in [-0.25, -0.2) is 4.79 Å². The Hall–Kier alpha value is -0.770. The van der Waals surface area contributed by atoms with E-state index in [-0.39, 0.29) is 12.1 Å². The van der Waals surface area contributed by atoms with E-state index in [0.29, 0.717) is 12.5 Å². The summed E-state index contributed by atoms with van der Waals surface area (Å²) in [6.07, 6.45) is 1.01. The highest BCUT2D eigenvalue weighted by molar-refractivity contribution is 5.73. The number of hydrogen-bond acceptors (Lipinski definition) is 2. The van der Waals surface area contributed by atoms with E-state index in [1.165, 1.54) is 0 Å². The molecular weight excluding hydrogens is 166 g/mol. The molecule has 76 valence electrons. The molecule has 0 radical (unpaired) electrons. The normalized spacial score (nSPS) is 28.8. The van der Waals surface area contributed by atoms with Crippen LogP contribution >= 0.6 is 0 Å². The number of carbonyl (C=O) groups excluding carboxylic acids is 1. The fourth-order valence-corrected chi connectivity index (χ4v) is 1.56. The van der Waals surface area contributed by atoms with Crippen molar-refractivity contribution in [1.82, 2.24) is 9.80 Å². The Kier molecular flexibility index (Phi) is 3.14. The summed E-state index contributed by atoms with van der Waals surface area (Å²) >= 11 is 0. The van der Waals surface area contributed by atoms with Crippen LogP contribution < -0.4 is 5.73 Å². The number of rotatable bonds is 0. The Morgan fingerprint density at radius 1 is 1.54 bits per heavy atom. The minimum atomic E-state index is 0.0716. The van der Waals surface area contributed by atoms with Crippen LogP contribution in [0.2, 0.25) is 0 Å². The van der Waals surface area contributed by atoms with Gasteiger partial charge in [-0.15, -0.1) is 0 Å². The number of urea groups is 1. The molecule has 0 spiro atoms. The van der Waals surface area contributed by atoms with Gasteiger partial charge in [-0.2, -0.15) is 0 Å². The predicted molar refractivity (Wildman–Crippen MR) is 52.4 cm³/mol. The first-order chi connectivity index (χ1) is 6.02. The van der Waals surface area contributed by atoms with Gasteiger partial charge in [0.05, 0.1) is 0 Å². The molecule has 1 heterocycles. The van der Waals surface area contributed by atoms with Crippen molar-refractivity contribution in [1.29, 1.82) is 0 Å². The van der Waals surface area contributed by atoms with Gasteiger partial charge in [-0.05, 0) is 12.3 Å². The maximum absolute atomic E-state index is 11.5. The quantitative estimate of drug-likeness (QED) is 0.591. The van der Waals surface area contributed by atoms with Crippen LogP contribution in [-0.4, -0.2) is 49.1 Å². The van der Waals surface area contributed by atoms with Gasteiger partial charge in [0.25, 0.3) is 0 Å². The zero-order valence-electron chi connectivity index (χ0n) is 8.66. The van der Waals surface area contributed by atoms with Crippen LogP contribution in [0.15, 0.2) is 0 Å². The first-order valence-electron chi connectivity index (χ1n) is 4.74. The second kappa shape index (κ2) is 3.96. The lowest BCUT2D eigenvalue weighted by Gasteiger charge is -2.36. The molecule has 0 saturated carbocycles. The monoisotopic (exact) mass is 185 g/mol. The van der Waals surface area contributed by atoms with E-state index in [1.54, 1.807) is 19.0 Å². The Morgan fingerprint density at radius 3 is 2.62 bits per heavy atom. The average molecular weight is 185 g/mol. The van der Waals surface area contributed by atoms with E-state index < -0.39 is 0 Å². The largest absolute Gasteiger partial charge is 0.331 e. The maximum Gasteiger partial charge on any atom is 0.319 e. The summed E-state index contributed by atoms with van der Waals surface area (Å²) in [5, 5.41) is 0. The van der Waals surface area contributed by atoms with Gasteiger partial charge in [-0.3, -0.25) is 0 Å². The fourth-order valence-electron chi connectivity index (χ4n) is 1.56. The van der Waals surface area contributed by atoms with Gasteiger partial charge in [0.2, 0.25) is 0 Å². The van der Waals surface area contributed by atoms with Crippen molar-refractivity contribution in [2.45, 2.75) is 19.4 Å². The molecule has 4 heteroatoms. The molecule has 2 atom stereocenters. The number of likely N-dealkylation sites (tertiary alicyclic amines) is 1. The van der Waals surface area contributed by atoms with Gasteiger partial charge in [0.15, 0.2) is 0 Å². The zero-order chi connectivity index (χ0) is 10.0. The molecule has 0 aromatic carbocycles. The van der Waals surface area contributed by atoms with E-state index >= 15 is 0 Å². The van der Waals surface area contributed by atoms with Crippen molar-refractivity contribution in [3.63, 3.8) is 0 Å². The number of piperidine rings is 1. The SMILES string of the molecule is CC1CCN(C(=O)N(C)C)CC1N. The summed E-state index contributed by atoms with van der Waals surface area (Å²) in [4.78, 5) is 15.0. The van der Waals surface area contributed by atoms with Crippen molar-refractivity contribution < 1.29 is 4.79 Å². The predicted octanol–water partition coefficient (Wildman–Crippen LogP) is 0.337. The van der Waals surface area contributed by atoms with Crippen molar-refractivity contribution >= 4 is 6.03 Å². The molecule has 1 rings (SSSR count). The highest BCUT2D eigenvalue weighted by atomic mass is 16.2. The Morgan fingerprint density at radius 2 is 2.15 bits per heavy atom. The molecule has 0 aromatic heterocycles. The lowest BCUT2D eigenvalue weighted by molar-refractivity contribution is 0.141. The van der Waals surface area contributed by atoms with E-state index in [4.69, 9.17) is 5.73 Å². The number of amides is 2. The Bertz CT molecular complexity index is 193. The fraction of sp³-hybridized carbons (Fsp3) is 0.889.